The highest BCUT2D eigenvalue weighted by atomic mass is 16.5. The minimum atomic E-state index is 0.203. The van der Waals surface area contributed by atoms with E-state index in [0.717, 1.165) is 89.3 Å². The molecule has 3 aromatic rings. The Morgan fingerprint density at radius 3 is 2.22 bits per heavy atom. The summed E-state index contributed by atoms with van der Waals surface area (Å²) in [5, 5.41) is 0. The number of hydrogen-bond acceptors (Lipinski definition) is 3. The monoisotopic (exact) mass is 485 g/mol. The van der Waals surface area contributed by atoms with Gasteiger partial charge in [-0.2, -0.15) is 0 Å². The molecule has 2 fully saturated rings. The van der Waals surface area contributed by atoms with Gasteiger partial charge in [0.1, 0.15) is 0 Å². The van der Waals surface area contributed by atoms with Gasteiger partial charge in [-0.3, -0.25) is 9.69 Å². The Hall–Kier alpha value is -2.89. The van der Waals surface area contributed by atoms with Crippen LogP contribution in [0.2, 0.25) is 0 Å². The van der Waals surface area contributed by atoms with Crippen LogP contribution in [0.4, 0.5) is 0 Å². The van der Waals surface area contributed by atoms with Crippen molar-refractivity contribution in [2.24, 2.45) is 0 Å². The molecule has 190 valence electrons. The molecule has 0 saturated carbocycles. The summed E-state index contributed by atoms with van der Waals surface area (Å²) >= 11 is 0. The average molecular weight is 486 g/mol. The molecule has 0 atom stereocenters. The Morgan fingerprint density at radius 1 is 0.889 bits per heavy atom. The minimum Gasteiger partial charge on any atom is -0.379 e. The number of aromatic nitrogens is 1. The summed E-state index contributed by atoms with van der Waals surface area (Å²) in [6, 6.07) is 23.9. The first-order valence-corrected chi connectivity index (χ1v) is 13.7. The molecule has 5 heteroatoms. The Labute approximate surface area is 215 Å². The maximum absolute atomic E-state index is 13.9. The molecule has 0 unspecified atom stereocenters. The van der Waals surface area contributed by atoms with Crippen LogP contribution in [0, 0.1) is 0 Å². The standard InChI is InChI=1S/C31H39N3O2/c1-2-9-29-28(31(35)33-17-15-27(16-18-33)32-20-22-36-23-21-32)24-30(26-12-7-4-8-13-26)34(29)19-14-25-10-5-3-6-11-25/h3-8,10-13,24,27H,2,9,14-23H2,1H3. The molecule has 2 aliphatic rings. The van der Waals surface area contributed by atoms with Gasteiger partial charge >= 0.3 is 0 Å². The van der Waals surface area contributed by atoms with Gasteiger partial charge in [0, 0.05) is 50.2 Å². The zero-order valence-corrected chi connectivity index (χ0v) is 21.6. The molecule has 0 bridgehead atoms. The van der Waals surface area contributed by atoms with E-state index in [9.17, 15) is 4.79 Å². The first-order valence-electron chi connectivity index (χ1n) is 13.7. The van der Waals surface area contributed by atoms with Gasteiger partial charge in [-0.15, -0.1) is 0 Å². The normalized spacial score (nSPS) is 17.4. The number of nitrogens with zero attached hydrogens (tertiary/aromatic N) is 3. The van der Waals surface area contributed by atoms with Crippen molar-refractivity contribution >= 4 is 5.91 Å². The van der Waals surface area contributed by atoms with E-state index in [1.807, 2.05) is 0 Å². The summed E-state index contributed by atoms with van der Waals surface area (Å²) in [7, 11) is 0. The van der Waals surface area contributed by atoms with Crippen LogP contribution >= 0.6 is 0 Å². The molecular formula is C31H39N3O2. The van der Waals surface area contributed by atoms with Gasteiger partial charge in [0.15, 0.2) is 0 Å². The number of carbonyl (C=O) groups excluding carboxylic acids is 1. The third-order valence-electron chi connectivity index (χ3n) is 7.78. The summed E-state index contributed by atoms with van der Waals surface area (Å²) in [4.78, 5) is 18.6. The van der Waals surface area contributed by atoms with Crippen molar-refractivity contribution in [3.63, 3.8) is 0 Å². The van der Waals surface area contributed by atoms with Gasteiger partial charge in [-0.05, 0) is 42.9 Å². The molecule has 0 radical (unpaired) electrons. The first-order chi connectivity index (χ1) is 17.7. The fraction of sp³-hybridized carbons (Fsp3) is 0.452. The lowest BCUT2D eigenvalue weighted by Gasteiger charge is -2.40. The molecule has 5 rings (SSSR count). The number of likely N-dealkylation sites (tertiary alicyclic amines) is 1. The molecule has 2 saturated heterocycles. The predicted molar refractivity (Wildman–Crippen MR) is 145 cm³/mol. The van der Waals surface area contributed by atoms with E-state index in [2.05, 4.69) is 88.0 Å². The third kappa shape index (κ3) is 5.58. The Kier molecular flexibility index (Phi) is 8.19. The van der Waals surface area contributed by atoms with Crippen molar-refractivity contribution in [1.82, 2.24) is 14.4 Å². The number of amides is 1. The maximum Gasteiger partial charge on any atom is 0.255 e. The number of piperidine rings is 1. The Bertz CT molecular complexity index is 1110. The lowest BCUT2D eigenvalue weighted by molar-refractivity contribution is 0.00157. The van der Waals surface area contributed by atoms with E-state index in [1.54, 1.807) is 0 Å². The van der Waals surface area contributed by atoms with E-state index >= 15 is 0 Å². The van der Waals surface area contributed by atoms with Crippen LogP contribution in [0.25, 0.3) is 11.3 Å². The topological polar surface area (TPSA) is 37.7 Å². The van der Waals surface area contributed by atoms with Gasteiger partial charge < -0.3 is 14.2 Å². The van der Waals surface area contributed by atoms with E-state index in [1.165, 1.54) is 16.8 Å². The predicted octanol–water partition coefficient (Wildman–Crippen LogP) is 5.29. The first kappa shape index (κ1) is 24.8. The quantitative estimate of drug-likeness (QED) is 0.435. The third-order valence-corrected chi connectivity index (χ3v) is 7.78. The molecule has 2 aromatic carbocycles. The fourth-order valence-electron chi connectivity index (χ4n) is 5.82. The van der Waals surface area contributed by atoms with Gasteiger partial charge in [-0.1, -0.05) is 74.0 Å². The molecule has 0 aliphatic carbocycles. The number of aryl methyl sites for hydroxylation is 1. The van der Waals surface area contributed by atoms with Crippen molar-refractivity contribution in [2.75, 3.05) is 39.4 Å². The number of hydrogen-bond donors (Lipinski definition) is 0. The second-order valence-electron chi connectivity index (χ2n) is 10.1. The molecular weight excluding hydrogens is 446 g/mol. The van der Waals surface area contributed by atoms with Crippen LogP contribution in [-0.2, 0) is 24.1 Å². The number of ether oxygens (including phenoxy) is 1. The van der Waals surface area contributed by atoms with Crippen molar-refractivity contribution < 1.29 is 9.53 Å². The summed E-state index contributed by atoms with van der Waals surface area (Å²) in [5.74, 6) is 0.203. The van der Waals surface area contributed by atoms with Gasteiger partial charge in [0.05, 0.1) is 18.8 Å². The van der Waals surface area contributed by atoms with Crippen molar-refractivity contribution in [3.05, 3.63) is 83.6 Å². The highest BCUT2D eigenvalue weighted by molar-refractivity contribution is 5.97. The van der Waals surface area contributed by atoms with Crippen molar-refractivity contribution in [3.8, 4) is 11.3 Å². The van der Waals surface area contributed by atoms with Crippen LogP contribution in [0.3, 0.4) is 0 Å². The van der Waals surface area contributed by atoms with Crippen LogP contribution in [-0.4, -0.2) is 65.7 Å². The minimum absolute atomic E-state index is 0.203. The highest BCUT2D eigenvalue weighted by Gasteiger charge is 2.30. The summed E-state index contributed by atoms with van der Waals surface area (Å²) in [6.45, 7) is 8.45. The molecule has 0 spiro atoms. The maximum atomic E-state index is 13.9. The molecule has 3 heterocycles. The number of benzene rings is 2. The largest absolute Gasteiger partial charge is 0.379 e. The van der Waals surface area contributed by atoms with E-state index in [-0.39, 0.29) is 5.91 Å². The van der Waals surface area contributed by atoms with Gasteiger partial charge in [0.25, 0.3) is 5.91 Å². The second-order valence-corrected chi connectivity index (χ2v) is 10.1. The number of carbonyl (C=O) groups is 1. The molecule has 5 nitrogen and oxygen atoms in total. The van der Waals surface area contributed by atoms with E-state index in [0.29, 0.717) is 6.04 Å². The smallest absolute Gasteiger partial charge is 0.255 e. The molecule has 1 amide bonds. The summed E-state index contributed by atoms with van der Waals surface area (Å²) < 4.78 is 7.95. The highest BCUT2D eigenvalue weighted by Crippen LogP contribution is 2.30. The lowest BCUT2D eigenvalue weighted by atomic mass is 10.0. The Morgan fingerprint density at radius 2 is 1.56 bits per heavy atom. The summed E-state index contributed by atoms with van der Waals surface area (Å²) in [6.07, 6.45) is 4.98. The number of morpholine rings is 1. The zero-order chi connectivity index (χ0) is 24.7. The fourth-order valence-corrected chi connectivity index (χ4v) is 5.82. The van der Waals surface area contributed by atoms with Crippen molar-refractivity contribution in [1.29, 1.82) is 0 Å². The zero-order valence-electron chi connectivity index (χ0n) is 21.6. The molecule has 0 N–H and O–H groups in total. The molecule has 2 aliphatic heterocycles. The van der Waals surface area contributed by atoms with Crippen LogP contribution in [0.1, 0.15) is 47.8 Å². The number of rotatable bonds is 8. The van der Waals surface area contributed by atoms with Crippen LogP contribution < -0.4 is 0 Å². The van der Waals surface area contributed by atoms with Gasteiger partial charge in [-0.25, -0.2) is 0 Å². The van der Waals surface area contributed by atoms with Gasteiger partial charge in [0.2, 0.25) is 0 Å². The Balaban J connectivity index is 1.40. The van der Waals surface area contributed by atoms with Crippen molar-refractivity contribution in [2.45, 2.75) is 51.6 Å². The molecule has 1 aromatic heterocycles. The van der Waals surface area contributed by atoms with Crippen LogP contribution in [0.15, 0.2) is 66.7 Å². The summed E-state index contributed by atoms with van der Waals surface area (Å²) in [5.41, 5.74) is 5.74. The average Bonchev–Trinajstić information content (AvgIpc) is 3.31. The molecule has 36 heavy (non-hydrogen) atoms. The van der Waals surface area contributed by atoms with Crippen LogP contribution in [0.5, 0.6) is 0 Å². The van der Waals surface area contributed by atoms with E-state index < -0.39 is 0 Å². The lowest BCUT2D eigenvalue weighted by Crippen LogP contribution is -2.50. The second kappa shape index (κ2) is 11.9. The van der Waals surface area contributed by atoms with E-state index in [4.69, 9.17) is 4.74 Å². The SMILES string of the molecule is CCCc1c(C(=O)N2CCC(N3CCOCC3)CC2)cc(-c2ccccc2)n1CCc1ccccc1.